The summed E-state index contributed by atoms with van der Waals surface area (Å²) in [4.78, 5) is 11.0. The number of rotatable bonds is 4. The second-order valence-corrected chi connectivity index (χ2v) is 6.98. The van der Waals surface area contributed by atoms with Crippen LogP contribution >= 0.6 is 0 Å². The number of aliphatic hydroxyl groups excluding tert-OH is 1. The lowest BCUT2D eigenvalue weighted by molar-refractivity contribution is -0.116. The van der Waals surface area contributed by atoms with Crippen LogP contribution in [0.1, 0.15) is 12.5 Å². The Morgan fingerprint density at radius 1 is 1.32 bits per heavy atom. The summed E-state index contributed by atoms with van der Waals surface area (Å²) >= 11 is 0. The molecule has 0 amide bonds. The minimum atomic E-state index is -3.21. The average molecular weight is 284 g/mol. The molecule has 0 saturated carbocycles. The Bertz CT molecular complexity index is 561. The number of aliphatic hydroxyl groups is 1. The van der Waals surface area contributed by atoms with Crippen LogP contribution in [0.2, 0.25) is 0 Å². The number of hydrogen-bond acceptors (Lipinski definition) is 5. The van der Waals surface area contributed by atoms with Crippen LogP contribution in [0.4, 0.5) is 0 Å². The van der Waals surface area contributed by atoms with Crippen molar-refractivity contribution in [3.05, 3.63) is 29.8 Å². The molecule has 2 atom stereocenters. The first-order valence-corrected chi connectivity index (χ1v) is 7.81. The van der Waals surface area contributed by atoms with E-state index in [1.54, 1.807) is 24.3 Å². The highest BCUT2D eigenvalue weighted by Gasteiger charge is 2.38. The number of ketones is 1. The highest BCUT2D eigenvalue weighted by Crippen LogP contribution is 2.21. The molecule has 2 rings (SSSR count). The smallest absolute Gasteiger partial charge is 0.156 e. The number of sulfone groups is 1. The van der Waals surface area contributed by atoms with Gasteiger partial charge in [-0.05, 0) is 24.6 Å². The van der Waals surface area contributed by atoms with E-state index in [2.05, 4.69) is 0 Å². The van der Waals surface area contributed by atoms with Gasteiger partial charge in [0.25, 0.3) is 0 Å². The molecule has 1 aliphatic rings. The Kier molecular flexibility index (Phi) is 3.91. The van der Waals surface area contributed by atoms with E-state index in [-0.39, 0.29) is 17.3 Å². The van der Waals surface area contributed by atoms with E-state index >= 15 is 0 Å². The van der Waals surface area contributed by atoms with Gasteiger partial charge in [-0.1, -0.05) is 12.1 Å². The van der Waals surface area contributed by atoms with Gasteiger partial charge >= 0.3 is 0 Å². The quantitative estimate of drug-likeness (QED) is 0.863. The summed E-state index contributed by atoms with van der Waals surface area (Å²) < 4.78 is 28.1. The Balaban J connectivity index is 2.02. The zero-order valence-corrected chi connectivity index (χ0v) is 11.4. The Hall–Kier alpha value is -1.40. The largest absolute Gasteiger partial charge is 0.487 e. The van der Waals surface area contributed by atoms with Crippen molar-refractivity contribution in [1.82, 2.24) is 0 Å². The standard InChI is InChI=1S/C13H16O5S/c1-9(14)6-10-2-4-11(5-3-10)18-13-8-19(16,17)7-12(13)15/h2-5,12-13,15H,6-8H2,1H3. The van der Waals surface area contributed by atoms with E-state index < -0.39 is 22.0 Å². The van der Waals surface area contributed by atoms with Crippen molar-refractivity contribution in [2.45, 2.75) is 25.6 Å². The van der Waals surface area contributed by atoms with Crippen molar-refractivity contribution in [2.24, 2.45) is 0 Å². The molecule has 1 fully saturated rings. The summed E-state index contributed by atoms with van der Waals surface area (Å²) in [6.45, 7) is 1.52. The maximum atomic E-state index is 11.3. The van der Waals surface area contributed by atoms with Gasteiger partial charge in [0.15, 0.2) is 9.84 Å². The molecular weight excluding hydrogens is 268 g/mol. The van der Waals surface area contributed by atoms with Crippen LogP contribution in [0.25, 0.3) is 0 Å². The third-order valence-corrected chi connectivity index (χ3v) is 4.62. The van der Waals surface area contributed by atoms with E-state index in [1.807, 2.05) is 0 Å². The van der Waals surface area contributed by atoms with Crippen molar-refractivity contribution < 1.29 is 23.1 Å². The molecule has 1 aliphatic heterocycles. The van der Waals surface area contributed by atoms with Crippen molar-refractivity contribution >= 4 is 15.6 Å². The summed E-state index contributed by atoms with van der Waals surface area (Å²) in [5.41, 5.74) is 0.874. The van der Waals surface area contributed by atoms with Crippen LogP contribution in [0.5, 0.6) is 5.75 Å². The van der Waals surface area contributed by atoms with Crippen LogP contribution in [0.3, 0.4) is 0 Å². The molecule has 0 radical (unpaired) electrons. The van der Waals surface area contributed by atoms with Gasteiger partial charge in [0, 0.05) is 6.42 Å². The first kappa shape index (κ1) is 14.0. The SMILES string of the molecule is CC(=O)Cc1ccc(OC2CS(=O)(=O)CC2O)cc1. The van der Waals surface area contributed by atoms with Gasteiger partial charge in [-0.2, -0.15) is 0 Å². The number of carbonyl (C=O) groups excluding carboxylic acids is 1. The highest BCUT2D eigenvalue weighted by atomic mass is 32.2. The van der Waals surface area contributed by atoms with E-state index in [4.69, 9.17) is 4.74 Å². The minimum absolute atomic E-state index is 0.0750. The normalized spacial score (nSPS) is 25.2. The molecule has 2 unspecified atom stereocenters. The van der Waals surface area contributed by atoms with Crippen LogP contribution in [-0.2, 0) is 21.1 Å². The van der Waals surface area contributed by atoms with E-state index in [9.17, 15) is 18.3 Å². The molecule has 0 aromatic heterocycles. The summed E-state index contributed by atoms with van der Waals surface area (Å²) in [6, 6.07) is 6.87. The fourth-order valence-corrected chi connectivity index (χ4v) is 3.72. The first-order valence-electron chi connectivity index (χ1n) is 5.99. The Morgan fingerprint density at radius 3 is 2.42 bits per heavy atom. The molecule has 19 heavy (non-hydrogen) atoms. The highest BCUT2D eigenvalue weighted by molar-refractivity contribution is 7.91. The summed E-state index contributed by atoms with van der Waals surface area (Å²) in [5.74, 6) is 0.156. The van der Waals surface area contributed by atoms with Crippen LogP contribution < -0.4 is 4.74 Å². The Labute approximate surface area is 112 Å². The monoisotopic (exact) mass is 284 g/mol. The molecule has 1 aromatic carbocycles. The fraction of sp³-hybridized carbons (Fsp3) is 0.462. The molecule has 6 heteroatoms. The zero-order valence-electron chi connectivity index (χ0n) is 10.6. The third kappa shape index (κ3) is 3.78. The summed E-state index contributed by atoms with van der Waals surface area (Å²) in [5, 5.41) is 9.61. The Morgan fingerprint density at radius 2 is 1.95 bits per heavy atom. The molecule has 1 saturated heterocycles. The van der Waals surface area contributed by atoms with E-state index in [0.717, 1.165) is 5.56 Å². The van der Waals surface area contributed by atoms with Crippen molar-refractivity contribution in [2.75, 3.05) is 11.5 Å². The number of ether oxygens (including phenoxy) is 1. The lowest BCUT2D eigenvalue weighted by Crippen LogP contribution is -2.29. The van der Waals surface area contributed by atoms with Gasteiger partial charge in [-0.15, -0.1) is 0 Å². The van der Waals surface area contributed by atoms with Crippen molar-refractivity contribution in [3.8, 4) is 5.75 Å². The van der Waals surface area contributed by atoms with E-state index in [1.165, 1.54) is 6.92 Å². The summed E-state index contributed by atoms with van der Waals surface area (Å²) in [7, 11) is -3.21. The zero-order chi connectivity index (χ0) is 14.0. The first-order chi connectivity index (χ1) is 8.85. The molecule has 104 valence electrons. The van der Waals surface area contributed by atoms with Crippen LogP contribution in [-0.4, -0.2) is 43.0 Å². The fourth-order valence-electron chi connectivity index (χ4n) is 2.06. The van der Waals surface area contributed by atoms with Gasteiger partial charge in [0.05, 0.1) is 11.5 Å². The number of benzene rings is 1. The third-order valence-electron chi connectivity index (χ3n) is 2.94. The molecule has 0 bridgehead atoms. The molecule has 0 aliphatic carbocycles. The van der Waals surface area contributed by atoms with Gasteiger partial charge < -0.3 is 9.84 Å². The maximum absolute atomic E-state index is 11.3. The second-order valence-electron chi connectivity index (χ2n) is 4.82. The van der Waals surface area contributed by atoms with Gasteiger partial charge in [0.2, 0.25) is 0 Å². The molecule has 0 spiro atoms. The van der Waals surface area contributed by atoms with Gasteiger partial charge in [0.1, 0.15) is 23.7 Å². The number of hydrogen-bond donors (Lipinski definition) is 1. The van der Waals surface area contributed by atoms with Crippen molar-refractivity contribution in [1.29, 1.82) is 0 Å². The molecular formula is C13H16O5S. The molecule has 1 N–H and O–H groups in total. The topological polar surface area (TPSA) is 80.7 Å². The predicted octanol–water partition coefficient (Wildman–Crippen LogP) is 0.355. The van der Waals surface area contributed by atoms with Crippen LogP contribution in [0, 0.1) is 0 Å². The number of carbonyl (C=O) groups is 1. The van der Waals surface area contributed by atoms with E-state index in [0.29, 0.717) is 12.2 Å². The predicted molar refractivity (Wildman–Crippen MR) is 69.9 cm³/mol. The van der Waals surface area contributed by atoms with Crippen molar-refractivity contribution in [3.63, 3.8) is 0 Å². The molecule has 1 aromatic rings. The lowest BCUT2D eigenvalue weighted by Gasteiger charge is -2.15. The average Bonchev–Trinajstić information content (AvgIpc) is 2.54. The number of Topliss-reactive ketones (excluding diaryl/α,β-unsaturated/α-hetero) is 1. The van der Waals surface area contributed by atoms with Gasteiger partial charge in [-0.3, -0.25) is 4.79 Å². The minimum Gasteiger partial charge on any atom is -0.487 e. The maximum Gasteiger partial charge on any atom is 0.156 e. The van der Waals surface area contributed by atoms with Crippen LogP contribution in [0.15, 0.2) is 24.3 Å². The summed E-state index contributed by atoms with van der Waals surface area (Å²) in [6.07, 6.45) is -1.34. The lowest BCUT2D eigenvalue weighted by atomic mass is 10.1. The molecule has 5 nitrogen and oxygen atoms in total. The second kappa shape index (κ2) is 5.30. The van der Waals surface area contributed by atoms with Gasteiger partial charge in [-0.25, -0.2) is 8.42 Å². The molecule has 1 heterocycles.